The van der Waals surface area contributed by atoms with Crippen LogP contribution in [-0.4, -0.2) is 35.4 Å². The van der Waals surface area contributed by atoms with Crippen LogP contribution in [0.3, 0.4) is 0 Å². The van der Waals surface area contributed by atoms with Gasteiger partial charge in [-0.3, -0.25) is 14.9 Å². The predicted molar refractivity (Wildman–Crippen MR) is 101 cm³/mol. The number of likely N-dealkylation sites (N-methyl/N-ethyl adjacent to an activating group) is 1. The number of ether oxygens (including phenoxy) is 1. The molecule has 0 aliphatic heterocycles. The highest BCUT2D eigenvalue weighted by Crippen LogP contribution is 2.22. The molecule has 2 aromatic carbocycles. The van der Waals surface area contributed by atoms with Crippen molar-refractivity contribution in [2.24, 2.45) is 0 Å². The number of halogens is 1. The Kier molecular flexibility index (Phi) is 6.90. The van der Waals surface area contributed by atoms with E-state index in [1.165, 1.54) is 22.6 Å². The van der Waals surface area contributed by atoms with Crippen molar-refractivity contribution in [1.82, 2.24) is 4.90 Å². The van der Waals surface area contributed by atoms with Crippen LogP contribution in [0.2, 0.25) is 5.02 Å². The molecule has 0 saturated carbocycles. The summed E-state index contributed by atoms with van der Waals surface area (Å²) < 4.78 is 4.96. The van der Waals surface area contributed by atoms with Crippen molar-refractivity contribution in [2.75, 3.05) is 13.7 Å². The monoisotopic (exact) mass is 390 g/mol. The summed E-state index contributed by atoms with van der Waals surface area (Å²) in [5.74, 6) is -1.29. The molecule has 0 fully saturated rings. The molecule has 8 heteroatoms. The van der Waals surface area contributed by atoms with E-state index >= 15 is 0 Å². The lowest BCUT2D eigenvalue weighted by molar-refractivity contribution is -0.384. The molecule has 27 heavy (non-hydrogen) atoms. The van der Waals surface area contributed by atoms with Crippen LogP contribution in [0.1, 0.15) is 28.4 Å². The number of carbonyl (C=O) groups excluding carboxylic acids is 2. The topological polar surface area (TPSA) is 89.8 Å². The van der Waals surface area contributed by atoms with E-state index in [4.69, 9.17) is 16.3 Å². The highest BCUT2D eigenvalue weighted by molar-refractivity contribution is 6.33. The molecule has 0 aliphatic carbocycles. The van der Waals surface area contributed by atoms with Crippen molar-refractivity contribution in [3.63, 3.8) is 0 Å². The lowest BCUT2D eigenvalue weighted by Gasteiger charge is -2.17. The fourth-order valence-electron chi connectivity index (χ4n) is 2.34. The van der Waals surface area contributed by atoms with E-state index in [1.807, 2.05) is 24.3 Å². The number of carbonyl (C=O) groups is 2. The highest BCUT2D eigenvalue weighted by Gasteiger charge is 2.19. The number of amides is 1. The van der Waals surface area contributed by atoms with Crippen molar-refractivity contribution in [3.8, 4) is 0 Å². The third-order valence-electron chi connectivity index (χ3n) is 3.98. The molecule has 0 aliphatic rings. The number of rotatable bonds is 7. The molecule has 0 unspecified atom stereocenters. The Morgan fingerprint density at radius 2 is 1.78 bits per heavy atom. The van der Waals surface area contributed by atoms with Gasteiger partial charge in [0.25, 0.3) is 11.6 Å². The van der Waals surface area contributed by atoms with Crippen molar-refractivity contribution >= 4 is 29.2 Å². The molecule has 0 saturated heterocycles. The van der Waals surface area contributed by atoms with Crippen LogP contribution in [0.4, 0.5) is 5.69 Å². The Morgan fingerprint density at radius 3 is 2.37 bits per heavy atom. The fourth-order valence-corrected chi connectivity index (χ4v) is 2.54. The third-order valence-corrected chi connectivity index (χ3v) is 4.31. The molecule has 142 valence electrons. The molecule has 0 bridgehead atoms. The Labute approximate surface area is 161 Å². The van der Waals surface area contributed by atoms with Crippen LogP contribution in [0, 0.1) is 10.1 Å². The van der Waals surface area contributed by atoms with Gasteiger partial charge < -0.3 is 9.64 Å². The molecule has 0 spiro atoms. The normalized spacial score (nSPS) is 10.3. The highest BCUT2D eigenvalue weighted by atomic mass is 35.5. The molecule has 2 aromatic rings. The zero-order valence-electron chi connectivity index (χ0n) is 15.0. The first kappa shape index (κ1) is 20.4. The zero-order chi connectivity index (χ0) is 20.0. The van der Waals surface area contributed by atoms with Gasteiger partial charge in [-0.05, 0) is 23.6 Å². The van der Waals surface area contributed by atoms with E-state index in [2.05, 4.69) is 6.92 Å². The van der Waals surface area contributed by atoms with Gasteiger partial charge in [-0.2, -0.15) is 0 Å². The predicted octanol–water partition coefficient (Wildman–Crippen LogP) is 3.63. The molecular weight excluding hydrogens is 372 g/mol. The number of nitrogens with zero attached hydrogens (tertiary/aromatic N) is 2. The van der Waals surface area contributed by atoms with Gasteiger partial charge in [0.1, 0.15) is 0 Å². The molecule has 0 heterocycles. The standard InChI is InChI=1S/C19H19ClN2O5/c1-3-13-4-6-14(7-5-13)11-21(2)18(23)12-27-19(24)16-10-15(22(25)26)8-9-17(16)20/h4-10H,3,11-12H2,1-2H3. The van der Waals surface area contributed by atoms with Gasteiger partial charge >= 0.3 is 5.97 Å². The van der Waals surface area contributed by atoms with Crippen LogP contribution in [-0.2, 0) is 22.5 Å². The minimum Gasteiger partial charge on any atom is -0.452 e. The summed E-state index contributed by atoms with van der Waals surface area (Å²) in [7, 11) is 1.60. The summed E-state index contributed by atoms with van der Waals surface area (Å²) in [4.78, 5) is 35.9. The Hall–Kier alpha value is -2.93. The summed E-state index contributed by atoms with van der Waals surface area (Å²) in [5, 5.41) is 10.8. The lowest BCUT2D eigenvalue weighted by Crippen LogP contribution is -2.30. The zero-order valence-corrected chi connectivity index (χ0v) is 15.7. The summed E-state index contributed by atoms with van der Waals surface area (Å²) >= 11 is 5.89. The maximum atomic E-state index is 12.2. The maximum absolute atomic E-state index is 12.2. The average molecular weight is 391 g/mol. The lowest BCUT2D eigenvalue weighted by atomic mass is 10.1. The van der Waals surface area contributed by atoms with Gasteiger partial charge in [0.2, 0.25) is 0 Å². The molecule has 0 N–H and O–H groups in total. The van der Waals surface area contributed by atoms with Crippen LogP contribution in [0.25, 0.3) is 0 Å². The second-order valence-corrected chi connectivity index (χ2v) is 6.32. The molecule has 1 amide bonds. The molecule has 0 atom stereocenters. The first-order valence-electron chi connectivity index (χ1n) is 8.24. The van der Waals surface area contributed by atoms with Crippen LogP contribution < -0.4 is 0 Å². The quantitative estimate of drug-likeness (QED) is 0.409. The second-order valence-electron chi connectivity index (χ2n) is 5.92. The molecule has 0 aromatic heterocycles. The summed E-state index contributed by atoms with van der Waals surface area (Å²) in [6, 6.07) is 11.3. The largest absolute Gasteiger partial charge is 0.452 e. The minimum absolute atomic E-state index is 0.0161. The van der Waals surface area contributed by atoms with E-state index in [1.54, 1.807) is 7.05 Å². The van der Waals surface area contributed by atoms with E-state index < -0.39 is 23.4 Å². The van der Waals surface area contributed by atoms with Crippen LogP contribution in [0.15, 0.2) is 42.5 Å². The summed E-state index contributed by atoms with van der Waals surface area (Å²) in [6.07, 6.45) is 0.936. The van der Waals surface area contributed by atoms with Crippen molar-refractivity contribution in [2.45, 2.75) is 19.9 Å². The first-order chi connectivity index (χ1) is 12.8. The summed E-state index contributed by atoms with van der Waals surface area (Å²) in [5.41, 5.74) is 1.72. The van der Waals surface area contributed by atoms with Crippen LogP contribution >= 0.6 is 11.6 Å². The number of non-ortho nitro benzene ring substituents is 1. The van der Waals surface area contributed by atoms with Crippen LogP contribution in [0.5, 0.6) is 0 Å². The van der Waals surface area contributed by atoms with Gasteiger partial charge in [-0.1, -0.05) is 42.8 Å². The van der Waals surface area contributed by atoms with E-state index in [0.717, 1.165) is 18.1 Å². The third kappa shape index (κ3) is 5.52. The number of benzene rings is 2. The molecule has 7 nitrogen and oxygen atoms in total. The average Bonchev–Trinajstić information content (AvgIpc) is 2.66. The number of hydrogen-bond donors (Lipinski definition) is 0. The number of nitro benzene ring substituents is 1. The van der Waals surface area contributed by atoms with Crippen molar-refractivity contribution in [3.05, 3.63) is 74.3 Å². The molecule has 2 rings (SSSR count). The maximum Gasteiger partial charge on any atom is 0.340 e. The Morgan fingerprint density at radius 1 is 1.15 bits per heavy atom. The first-order valence-corrected chi connectivity index (χ1v) is 8.62. The van der Waals surface area contributed by atoms with Gasteiger partial charge in [0.15, 0.2) is 6.61 Å². The smallest absolute Gasteiger partial charge is 0.340 e. The molecule has 0 radical (unpaired) electrons. The van der Waals surface area contributed by atoms with Gasteiger partial charge in [-0.25, -0.2) is 4.79 Å². The van der Waals surface area contributed by atoms with E-state index in [0.29, 0.717) is 6.54 Å². The molecular formula is C19H19ClN2O5. The SMILES string of the molecule is CCc1ccc(CN(C)C(=O)COC(=O)c2cc([N+](=O)[O-])ccc2Cl)cc1. The van der Waals surface area contributed by atoms with Crippen molar-refractivity contribution < 1.29 is 19.2 Å². The number of nitro groups is 1. The number of hydrogen-bond acceptors (Lipinski definition) is 5. The minimum atomic E-state index is -0.891. The number of aryl methyl sites for hydroxylation is 1. The van der Waals surface area contributed by atoms with E-state index in [-0.39, 0.29) is 16.3 Å². The van der Waals surface area contributed by atoms with Gasteiger partial charge in [0.05, 0.1) is 15.5 Å². The number of esters is 1. The van der Waals surface area contributed by atoms with Gasteiger partial charge in [0, 0.05) is 25.7 Å². The van der Waals surface area contributed by atoms with Crippen molar-refractivity contribution in [1.29, 1.82) is 0 Å². The van der Waals surface area contributed by atoms with Gasteiger partial charge in [-0.15, -0.1) is 0 Å². The Balaban J connectivity index is 1.94. The fraction of sp³-hybridized carbons (Fsp3) is 0.263. The van der Waals surface area contributed by atoms with E-state index in [9.17, 15) is 19.7 Å². The summed E-state index contributed by atoms with van der Waals surface area (Å²) in [6.45, 7) is 1.95. The Bertz CT molecular complexity index is 852. The second kappa shape index (κ2) is 9.14.